The zero-order chi connectivity index (χ0) is 22.7. The zero-order valence-electron chi connectivity index (χ0n) is 16.8. The Hall–Kier alpha value is -3.00. The van der Waals surface area contributed by atoms with Crippen molar-refractivity contribution in [2.75, 3.05) is 18.2 Å². The van der Waals surface area contributed by atoms with Crippen molar-refractivity contribution >= 4 is 57.5 Å². The van der Waals surface area contributed by atoms with Gasteiger partial charge in [0.15, 0.2) is 5.16 Å². The minimum atomic E-state index is -0.307. The van der Waals surface area contributed by atoms with E-state index in [-0.39, 0.29) is 17.2 Å². The highest BCUT2D eigenvalue weighted by Gasteiger charge is 2.16. The van der Waals surface area contributed by atoms with Crippen molar-refractivity contribution in [3.05, 3.63) is 87.1 Å². The topological polar surface area (TPSA) is 73.2 Å². The van der Waals surface area contributed by atoms with Crippen molar-refractivity contribution in [1.82, 2.24) is 9.55 Å². The van der Waals surface area contributed by atoms with Crippen LogP contribution in [0.3, 0.4) is 0 Å². The van der Waals surface area contributed by atoms with Crippen molar-refractivity contribution in [2.45, 2.75) is 5.16 Å². The number of amides is 1. The molecule has 0 radical (unpaired) electrons. The number of para-hydroxylation sites is 1. The number of methoxy groups -OCH3 is 1. The van der Waals surface area contributed by atoms with Crippen molar-refractivity contribution in [3.63, 3.8) is 0 Å². The summed E-state index contributed by atoms with van der Waals surface area (Å²) in [5.41, 5.74) is 1.33. The lowest BCUT2D eigenvalue weighted by atomic mass is 10.2. The van der Waals surface area contributed by atoms with Gasteiger partial charge >= 0.3 is 0 Å². The van der Waals surface area contributed by atoms with Crippen LogP contribution in [-0.2, 0) is 4.79 Å². The molecule has 0 spiro atoms. The van der Waals surface area contributed by atoms with Crippen LogP contribution in [0.2, 0.25) is 10.0 Å². The lowest BCUT2D eigenvalue weighted by Crippen LogP contribution is -2.23. The van der Waals surface area contributed by atoms with Gasteiger partial charge < -0.3 is 10.1 Å². The molecule has 0 aliphatic rings. The molecule has 0 bridgehead atoms. The summed E-state index contributed by atoms with van der Waals surface area (Å²) < 4.78 is 6.78. The molecule has 0 aliphatic heterocycles. The second-order valence-corrected chi connectivity index (χ2v) is 8.50. The highest BCUT2D eigenvalue weighted by atomic mass is 35.5. The van der Waals surface area contributed by atoms with Crippen LogP contribution in [0, 0.1) is 0 Å². The minimum Gasteiger partial charge on any atom is -0.497 e. The molecule has 0 fully saturated rings. The van der Waals surface area contributed by atoms with Crippen LogP contribution in [-0.4, -0.2) is 28.3 Å². The lowest BCUT2D eigenvalue weighted by molar-refractivity contribution is -0.113. The average Bonchev–Trinajstić information content (AvgIpc) is 2.80. The molecule has 4 aromatic rings. The fourth-order valence-corrected chi connectivity index (χ4v) is 4.25. The number of hydrogen-bond acceptors (Lipinski definition) is 5. The van der Waals surface area contributed by atoms with E-state index < -0.39 is 0 Å². The van der Waals surface area contributed by atoms with E-state index in [1.807, 2.05) is 6.07 Å². The Labute approximate surface area is 198 Å². The van der Waals surface area contributed by atoms with Crippen molar-refractivity contribution in [1.29, 1.82) is 0 Å². The van der Waals surface area contributed by atoms with Gasteiger partial charge in [0, 0.05) is 11.1 Å². The molecule has 1 aromatic heterocycles. The monoisotopic (exact) mass is 485 g/mol. The van der Waals surface area contributed by atoms with Crippen LogP contribution in [0.15, 0.2) is 76.7 Å². The average molecular weight is 486 g/mol. The molecule has 162 valence electrons. The number of nitrogens with zero attached hydrogens (tertiary/aromatic N) is 2. The maximum atomic E-state index is 13.3. The fraction of sp³-hybridized carbons (Fsp3) is 0.0870. The maximum absolute atomic E-state index is 13.3. The molecule has 1 amide bonds. The number of aromatic nitrogens is 2. The first-order valence-electron chi connectivity index (χ1n) is 9.50. The first-order valence-corrected chi connectivity index (χ1v) is 11.2. The quantitative estimate of drug-likeness (QED) is 0.291. The molecule has 0 saturated heterocycles. The molecule has 1 N–H and O–H groups in total. The Morgan fingerprint density at radius 3 is 2.72 bits per heavy atom. The second kappa shape index (κ2) is 9.65. The van der Waals surface area contributed by atoms with Crippen LogP contribution in [0.1, 0.15) is 0 Å². The predicted octanol–water partition coefficient (Wildman–Crippen LogP) is 5.43. The molecule has 1 heterocycles. The van der Waals surface area contributed by atoms with E-state index >= 15 is 0 Å². The number of thioether (sulfide) groups is 1. The van der Waals surface area contributed by atoms with Gasteiger partial charge in [-0.1, -0.05) is 53.2 Å². The summed E-state index contributed by atoms with van der Waals surface area (Å²) in [6.07, 6.45) is 0. The Balaban J connectivity index is 1.69. The summed E-state index contributed by atoms with van der Waals surface area (Å²) in [4.78, 5) is 30.5. The van der Waals surface area contributed by atoms with Gasteiger partial charge in [0.2, 0.25) is 5.91 Å². The molecule has 4 rings (SSSR count). The first kappa shape index (κ1) is 22.2. The first-order chi connectivity index (χ1) is 15.5. The van der Waals surface area contributed by atoms with Gasteiger partial charge in [-0.15, -0.1) is 0 Å². The van der Waals surface area contributed by atoms with E-state index in [2.05, 4.69) is 10.3 Å². The molecule has 9 heteroatoms. The summed E-state index contributed by atoms with van der Waals surface area (Å²) >= 11 is 13.3. The third kappa shape index (κ3) is 4.75. The molecular formula is C23H17Cl2N3O3S. The van der Waals surface area contributed by atoms with E-state index in [0.29, 0.717) is 43.2 Å². The Morgan fingerprint density at radius 2 is 1.91 bits per heavy atom. The standard InChI is InChI=1S/C23H17Cl2N3O3S/c1-31-16-6-4-5-15(12-16)28-22(30)17-7-2-3-8-19(17)27-23(28)32-13-21(29)26-20-11-14(24)9-10-18(20)25/h2-12H,13H2,1H3,(H,26,29). The van der Waals surface area contributed by atoms with E-state index in [1.54, 1.807) is 67.8 Å². The number of ether oxygens (including phenoxy) is 1. The van der Waals surface area contributed by atoms with Gasteiger partial charge in [-0.2, -0.15) is 0 Å². The summed E-state index contributed by atoms with van der Waals surface area (Å²) in [5.74, 6) is 0.308. The smallest absolute Gasteiger partial charge is 0.266 e. The van der Waals surface area contributed by atoms with Gasteiger partial charge in [-0.05, 0) is 42.5 Å². The van der Waals surface area contributed by atoms with Gasteiger partial charge in [0.05, 0.1) is 40.2 Å². The number of nitrogens with one attached hydrogen (secondary N) is 1. The molecule has 0 atom stereocenters. The van der Waals surface area contributed by atoms with Crippen LogP contribution < -0.4 is 15.6 Å². The summed E-state index contributed by atoms with van der Waals surface area (Å²) in [7, 11) is 1.56. The van der Waals surface area contributed by atoms with E-state index in [0.717, 1.165) is 11.8 Å². The van der Waals surface area contributed by atoms with Gasteiger partial charge in [-0.25, -0.2) is 4.98 Å². The Morgan fingerprint density at radius 1 is 1.09 bits per heavy atom. The third-order valence-electron chi connectivity index (χ3n) is 4.59. The Kier molecular flexibility index (Phi) is 6.69. The number of benzene rings is 3. The summed E-state index contributed by atoms with van der Waals surface area (Å²) in [6, 6.07) is 19.0. The molecule has 0 aliphatic carbocycles. The number of carbonyl (C=O) groups is 1. The van der Waals surface area contributed by atoms with Crippen LogP contribution in [0.25, 0.3) is 16.6 Å². The largest absolute Gasteiger partial charge is 0.497 e. The molecule has 0 unspecified atom stereocenters. The number of fused-ring (bicyclic) bond motifs is 1. The number of hydrogen-bond donors (Lipinski definition) is 1. The van der Waals surface area contributed by atoms with E-state index in [1.165, 1.54) is 4.57 Å². The van der Waals surface area contributed by atoms with Crippen molar-refractivity contribution < 1.29 is 9.53 Å². The van der Waals surface area contributed by atoms with Crippen molar-refractivity contribution in [2.24, 2.45) is 0 Å². The molecule has 0 saturated carbocycles. The number of halogens is 2. The molecule has 32 heavy (non-hydrogen) atoms. The van der Waals surface area contributed by atoms with Crippen LogP contribution in [0.4, 0.5) is 5.69 Å². The van der Waals surface area contributed by atoms with Crippen molar-refractivity contribution in [3.8, 4) is 11.4 Å². The maximum Gasteiger partial charge on any atom is 0.266 e. The molecule has 3 aromatic carbocycles. The molecular weight excluding hydrogens is 469 g/mol. The van der Waals surface area contributed by atoms with Crippen LogP contribution in [0.5, 0.6) is 5.75 Å². The summed E-state index contributed by atoms with van der Waals surface area (Å²) in [6.45, 7) is 0. The number of carbonyl (C=O) groups excluding carboxylic acids is 1. The van der Waals surface area contributed by atoms with Gasteiger partial charge in [-0.3, -0.25) is 14.2 Å². The van der Waals surface area contributed by atoms with Gasteiger partial charge in [0.25, 0.3) is 5.56 Å². The third-order valence-corrected chi connectivity index (χ3v) is 6.09. The summed E-state index contributed by atoms with van der Waals surface area (Å²) in [5, 5.41) is 4.44. The molecule has 6 nitrogen and oxygen atoms in total. The van der Waals surface area contributed by atoms with E-state index in [9.17, 15) is 9.59 Å². The van der Waals surface area contributed by atoms with Gasteiger partial charge in [0.1, 0.15) is 5.75 Å². The predicted molar refractivity (Wildman–Crippen MR) is 130 cm³/mol. The SMILES string of the molecule is COc1cccc(-n2c(SCC(=O)Nc3cc(Cl)ccc3Cl)nc3ccccc3c2=O)c1. The zero-order valence-corrected chi connectivity index (χ0v) is 19.2. The Bertz CT molecular complexity index is 1370. The van der Waals surface area contributed by atoms with E-state index in [4.69, 9.17) is 27.9 Å². The number of anilines is 1. The van der Waals surface area contributed by atoms with Crippen LogP contribution >= 0.6 is 35.0 Å². The lowest BCUT2D eigenvalue weighted by Gasteiger charge is -2.14. The minimum absolute atomic E-state index is 0.0115. The highest BCUT2D eigenvalue weighted by molar-refractivity contribution is 7.99. The normalized spacial score (nSPS) is 10.8. The second-order valence-electron chi connectivity index (χ2n) is 6.71. The number of rotatable bonds is 6. The fourth-order valence-electron chi connectivity index (χ4n) is 3.10. The highest BCUT2D eigenvalue weighted by Crippen LogP contribution is 2.27.